The minimum atomic E-state index is -0.444. The summed E-state index contributed by atoms with van der Waals surface area (Å²) in [6.07, 6.45) is 0.946. The van der Waals surface area contributed by atoms with Gasteiger partial charge in [0.25, 0.3) is 0 Å². The minimum Gasteiger partial charge on any atom is -0.450 e. The lowest BCUT2D eigenvalue weighted by Gasteiger charge is -2.17. The highest BCUT2D eigenvalue weighted by atomic mass is 16.5. The average molecular weight is 290 g/mol. The third-order valence-corrected chi connectivity index (χ3v) is 3.28. The van der Waals surface area contributed by atoms with Crippen molar-refractivity contribution in [1.29, 1.82) is 0 Å². The van der Waals surface area contributed by atoms with Gasteiger partial charge < -0.3 is 9.15 Å². The summed E-state index contributed by atoms with van der Waals surface area (Å²) >= 11 is 0. The second-order valence-electron chi connectivity index (χ2n) is 6.24. The molecule has 5 nitrogen and oxygen atoms in total. The Kier molecular flexibility index (Phi) is 4.65. The molecule has 1 heterocycles. The molecule has 1 amide bonds. The van der Waals surface area contributed by atoms with Gasteiger partial charge in [0.1, 0.15) is 5.58 Å². The monoisotopic (exact) mass is 290 g/mol. The molecule has 0 aliphatic rings. The Morgan fingerprint density at radius 3 is 2.71 bits per heavy atom. The van der Waals surface area contributed by atoms with E-state index in [0.29, 0.717) is 18.8 Å². The van der Waals surface area contributed by atoms with E-state index in [9.17, 15) is 4.79 Å². The number of nitrogens with two attached hydrogens (primary N) is 1. The van der Waals surface area contributed by atoms with Crippen molar-refractivity contribution in [2.24, 2.45) is 11.3 Å². The fourth-order valence-corrected chi connectivity index (χ4v) is 2.04. The van der Waals surface area contributed by atoms with Crippen molar-refractivity contribution in [2.75, 3.05) is 6.61 Å². The predicted molar refractivity (Wildman–Crippen MR) is 81.6 cm³/mol. The number of fused-ring (bicyclic) bond motifs is 1. The summed E-state index contributed by atoms with van der Waals surface area (Å²) in [5.74, 6) is 4.98. The molecule has 0 atom stereocenters. The van der Waals surface area contributed by atoms with Crippen molar-refractivity contribution in [1.82, 2.24) is 5.43 Å². The Bertz CT molecular complexity index is 626. The van der Waals surface area contributed by atoms with E-state index in [1.807, 2.05) is 24.3 Å². The van der Waals surface area contributed by atoms with Crippen molar-refractivity contribution in [3.8, 4) is 0 Å². The number of para-hydroxylation sites is 1. The van der Waals surface area contributed by atoms with E-state index in [1.54, 1.807) is 0 Å². The van der Waals surface area contributed by atoms with Crippen molar-refractivity contribution in [2.45, 2.75) is 33.8 Å². The number of furan rings is 1. The topological polar surface area (TPSA) is 77.5 Å². The summed E-state index contributed by atoms with van der Waals surface area (Å²) in [4.78, 5) is 11.8. The maximum absolute atomic E-state index is 11.8. The van der Waals surface area contributed by atoms with Gasteiger partial charge in [0.15, 0.2) is 5.76 Å². The van der Waals surface area contributed by atoms with E-state index in [4.69, 9.17) is 15.0 Å². The fraction of sp³-hybridized carbons (Fsp3) is 0.438. The summed E-state index contributed by atoms with van der Waals surface area (Å²) in [5.41, 5.74) is 3.72. The van der Waals surface area contributed by atoms with Crippen LogP contribution in [0.15, 0.2) is 28.7 Å². The smallest absolute Gasteiger partial charge is 0.301 e. The molecule has 1 aromatic heterocycles. The van der Waals surface area contributed by atoms with Gasteiger partial charge in [0.2, 0.25) is 0 Å². The molecule has 114 valence electrons. The third-order valence-electron chi connectivity index (χ3n) is 3.28. The summed E-state index contributed by atoms with van der Waals surface area (Å²) in [5, 5.41) is 0.881. The summed E-state index contributed by atoms with van der Waals surface area (Å²) in [6, 6.07) is 7.50. The number of benzene rings is 1. The first-order valence-corrected chi connectivity index (χ1v) is 7.01. The van der Waals surface area contributed by atoms with Crippen LogP contribution in [0.1, 0.15) is 43.3 Å². The molecule has 0 radical (unpaired) electrons. The Morgan fingerprint density at radius 1 is 1.33 bits per heavy atom. The Hall–Kier alpha value is -1.85. The minimum absolute atomic E-state index is 0.217. The van der Waals surface area contributed by atoms with Crippen LogP contribution >= 0.6 is 0 Å². The first-order chi connectivity index (χ1) is 9.92. The van der Waals surface area contributed by atoms with Gasteiger partial charge in [-0.05, 0) is 17.9 Å². The molecule has 3 N–H and O–H groups in total. The van der Waals surface area contributed by atoms with Crippen molar-refractivity contribution < 1.29 is 13.9 Å². The van der Waals surface area contributed by atoms with Gasteiger partial charge in [-0.1, -0.05) is 39.0 Å². The molecule has 0 fully saturated rings. The first-order valence-electron chi connectivity index (χ1n) is 7.01. The van der Waals surface area contributed by atoms with Crippen LogP contribution in [0, 0.1) is 5.41 Å². The summed E-state index contributed by atoms with van der Waals surface area (Å²) < 4.78 is 11.3. The molecule has 0 spiro atoms. The second kappa shape index (κ2) is 6.28. The van der Waals surface area contributed by atoms with Gasteiger partial charge in [0.05, 0.1) is 6.61 Å². The van der Waals surface area contributed by atoms with Gasteiger partial charge in [0, 0.05) is 17.6 Å². The van der Waals surface area contributed by atoms with Crippen molar-refractivity contribution in [3.05, 3.63) is 35.6 Å². The number of hydrazine groups is 1. The fourth-order valence-electron chi connectivity index (χ4n) is 2.04. The highest BCUT2D eigenvalue weighted by Gasteiger charge is 2.20. The van der Waals surface area contributed by atoms with E-state index >= 15 is 0 Å². The summed E-state index contributed by atoms with van der Waals surface area (Å²) in [6.45, 7) is 7.45. The van der Waals surface area contributed by atoms with Gasteiger partial charge in [-0.15, -0.1) is 0 Å². The number of hydrogen-bond donors (Lipinski definition) is 2. The number of carbonyl (C=O) groups is 1. The Balaban J connectivity index is 2.18. The molecule has 0 bridgehead atoms. The molecule has 2 rings (SSSR count). The standard InChI is InChI=1S/C16H22N2O3/c1-16(2,3)8-9-20-10-12-11-6-4-5-7-13(11)21-14(12)15(19)18-17/h4-7H,8-10,17H2,1-3H3,(H,18,19). The number of amides is 1. The van der Waals surface area contributed by atoms with E-state index < -0.39 is 5.91 Å². The van der Waals surface area contributed by atoms with Crippen LogP contribution < -0.4 is 11.3 Å². The number of rotatable bonds is 5. The molecule has 0 saturated heterocycles. The maximum atomic E-state index is 11.8. The van der Waals surface area contributed by atoms with E-state index in [1.165, 1.54) is 0 Å². The molecular weight excluding hydrogens is 268 g/mol. The lowest BCUT2D eigenvalue weighted by molar-refractivity contribution is 0.0876. The number of carbonyl (C=O) groups excluding carboxylic acids is 1. The largest absolute Gasteiger partial charge is 0.450 e. The zero-order valence-corrected chi connectivity index (χ0v) is 12.7. The lowest BCUT2D eigenvalue weighted by Crippen LogP contribution is -2.30. The van der Waals surface area contributed by atoms with Gasteiger partial charge in [-0.3, -0.25) is 10.2 Å². The van der Waals surface area contributed by atoms with Crippen LogP contribution in [0.4, 0.5) is 0 Å². The highest BCUT2D eigenvalue weighted by Crippen LogP contribution is 2.27. The molecule has 2 aromatic rings. The van der Waals surface area contributed by atoms with Crippen LogP contribution in [0.25, 0.3) is 11.0 Å². The van der Waals surface area contributed by atoms with E-state index in [2.05, 4.69) is 26.2 Å². The average Bonchev–Trinajstić information content (AvgIpc) is 2.80. The lowest BCUT2D eigenvalue weighted by atomic mass is 9.93. The third kappa shape index (κ3) is 3.83. The van der Waals surface area contributed by atoms with Crippen LogP contribution in [0.3, 0.4) is 0 Å². The Morgan fingerprint density at radius 2 is 2.05 bits per heavy atom. The molecule has 0 saturated carbocycles. The quantitative estimate of drug-likeness (QED) is 0.384. The molecule has 5 heteroatoms. The van der Waals surface area contributed by atoms with E-state index in [-0.39, 0.29) is 11.2 Å². The van der Waals surface area contributed by atoms with E-state index in [0.717, 1.165) is 17.4 Å². The zero-order chi connectivity index (χ0) is 15.5. The van der Waals surface area contributed by atoms with Crippen LogP contribution in [-0.2, 0) is 11.3 Å². The predicted octanol–water partition coefficient (Wildman–Crippen LogP) is 2.99. The number of nitrogens with one attached hydrogen (secondary N) is 1. The highest BCUT2D eigenvalue weighted by molar-refractivity contribution is 5.98. The van der Waals surface area contributed by atoms with Crippen molar-refractivity contribution in [3.63, 3.8) is 0 Å². The molecule has 0 aliphatic heterocycles. The molecule has 0 unspecified atom stereocenters. The summed E-state index contributed by atoms with van der Waals surface area (Å²) in [7, 11) is 0. The normalized spacial score (nSPS) is 11.8. The molecule has 1 aromatic carbocycles. The van der Waals surface area contributed by atoms with Crippen molar-refractivity contribution >= 4 is 16.9 Å². The maximum Gasteiger partial charge on any atom is 0.301 e. The second-order valence-corrected chi connectivity index (χ2v) is 6.24. The first kappa shape index (κ1) is 15.5. The van der Waals surface area contributed by atoms with Gasteiger partial charge in [-0.25, -0.2) is 5.84 Å². The SMILES string of the molecule is CC(C)(C)CCOCc1c(C(=O)NN)oc2ccccc12. The number of nitrogen functional groups attached to an aromatic ring is 1. The van der Waals surface area contributed by atoms with Crippen LogP contribution in [0.2, 0.25) is 0 Å². The Labute approximate surface area is 124 Å². The van der Waals surface area contributed by atoms with Crippen LogP contribution in [-0.4, -0.2) is 12.5 Å². The van der Waals surface area contributed by atoms with Gasteiger partial charge >= 0.3 is 5.91 Å². The number of hydrogen-bond acceptors (Lipinski definition) is 4. The molecule has 21 heavy (non-hydrogen) atoms. The van der Waals surface area contributed by atoms with Crippen LogP contribution in [0.5, 0.6) is 0 Å². The molecule has 0 aliphatic carbocycles. The number of ether oxygens (including phenoxy) is 1. The van der Waals surface area contributed by atoms with Gasteiger partial charge in [-0.2, -0.15) is 0 Å². The zero-order valence-electron chi connectivity index (χ0n) is 12.7. The molecular formula is C16H22N2O3.